The van der Waals surface area contributed by atoms with Crippen molar-refractivity contribution in [2.24, 2.45) is 0 Å². The Morgan fingerprint density at radius 3 is 2.65 bits per heavy atom. The third-order valence-corrected chi connectivity index (χ3v) is 3.24. The van der Waals surface area contributed by atoms with E-state index in [9.17, 15) is 5.11 Å². The van der Waals surface area contributed by atoms with Gasteiger partial charge in [0.15, 0.2) is 5.82 Å². The van der Waals surface area contributed by atoms with Crippen molar-refractivity contribution in [2.75, 3.05) is 0 Å². The van der Waals surface area contributed by atoms with Crippen molar-refractivity contribution in [1.82, 2.24) is 10.1 Å². The normalized spacial score (nSPS) is 12.6. The maximum atomic E-state index is 9.25. The van der Waals surface area contributed by atoms with Gasteiger partial charge in [0.1, 0.15) is 6.10 Å². The molecule has 0 spiro atoms. The molecular formula is C12H14N2O2S. The molecule has 0 bridgehead atoms. The number of hydrogen-bond acceptors (Lipinski definition) is 5. The Balaban J connectivity index is 1.95. The Morgan fingerprint density at radius 1 is 1.35 bits per heavy atom. The monoisotopic (exact) mass is 250 g/mol. The average molecular weight is 250 g/mol. The Kier molecular flexibility index (Phi) is 3.81. The summed E-state index contributed by atoms with van der Waals surface area (Å²) in [6.07, 6.45) is -0.708. The van der Waals surface area contributed by atoms with Crippen molar-refractivity contribution in [3.8, 4) is 0 Å². The summed E-state index contributed by atoms with van der Waals surface area (Å²) in [5, 5.41) is 13.1. The Bertz CT molecular complexity index is 480. The summed E-state index contributed by atoms with van der Waals surface area (Å²) in [5.74, 6) is 1.51. The van der Waals surface area contributed by atoms with E-state index in [-0.39, 0.29) is 5.89 Å². The fourth-order valence-corrected chi connectivity index (χ4v) is 2.02. The van der Waals surface area contributed by atoms with E-state index in [1.54, 1.807) is 18.7 Å². The lowest BCUT2D eigenvalue weighted by molar-refractivity contribution is 0.151. The number of rotatable bonds is 4. The first-order chi connectivity index (χ1) is 8.15. The Labute approximate surface area is 104 Å². The van der Waals surface area contributed by atoms with E-state index in [1.165, 1.54) is 10.5 Å². The van der Waals surface area contributed by atoms with E-state index in [4.69, 9.17) is 4.52 Å². The zero-order chi connectivity index (χ0) is 12.3. The highest BCUT2D eigenvalue weighted by atomic mass is 32.2. The van der Waals surface area contributed by atoms with Crippen LogP contribution in [0.3, 0.4) is 0 Å². The maximum Gasteiger partial charge on any atom is 0.255 e. The van der Waals surface area contributed by atoms with Gasteiger partial charge in [-0.25, -0.2) is 0 Å². The van der Waals surface area contributed by atoms with Crippen LogP contribution in [-0.4, -0.2) is 15.2 Å². The van der Waals surface area contributed by atoms with Crippen LogP contribution in [0.5, 0.6) is 0 Å². The van der Waals surface area contributed by atoms with Gasteiger partial charge >= 0.3 is 0 Å². The molecule has 0 radical (unpaired) electrons. The molecule has 5 heteroatoms. The molecule has 4 nitrogen and oxygen atoms in total. The summed E-state index contributed by atoms with van der Waals surface area (Å²) in [6.45, 7) is 3.66. The molecule has 0 saturated heterocycles. The van der Waals surface area contributed by atoms with E-state index in [1.807, 2.05) is 0 Å². The quantitative estimate of drug-likeness (QED) is 0.845. The van der Waals surface area contributed by atoms with Crippen LogP contribution in [0.4, 0.5) is 0 Å². The second-order valence-corrected chi connectivity index (χ2v) is 4.88. The van der Waals surface area contributed by atoms with Crippen LogP contribution >= 0.6 is 11.8 Å². The molecule has 90 valence electrons. The van der Waals surface area contributed by atoms with E-state index in [0.29, 0.717) is 11.6 Å². The third-order valence-electron chi connectivity index (χ3n) is 2.23. The number of thioether (sulfide) groups is 1. The van der Waals surface area contributed by atoms with E-state index in [2.05, 4.69) is 41.3 Å². The average Bonchev–Trinajstić information content (AvgIpc) is 2.77. The van der Waals surface area contributed by atoms with Gasteiger partial charge in [0.2, 0.25) is 0 Å². The lowest BCUT2D eigenvalue weighted by Crippen LogP contribution is -1.91. The van der Waals surface area contributed by atoms with Gasteiger partial charge in [-0.15, -0.1) is 11.8 Å². The van der Waals surface area contributed by atoms with Crippen molar-refractivity contribution in [3.05, 3.63) is 41.5 Å². The molecule has 0 saturated carbocycles. The molecule has 0 amide bonds. The maximum absolute atomic E-state index is 9.25. The lowest BCUT2D eigenvalue weighted by atomic mass is 10.2. The predicted molar refractivity (Wildman–Crippen MR) is 65.7 cm³/mol. The van der Waals surface area contributed by atoms with Crippen molar-refractivity contribution < 1.29 is 9.63 Å². The minimum Gasteiger partial charge on any atom is -0.384 e. The number of hydrogen-bond donors (Lipinski definition) is 1. The first-order valence-electron chi connectivity index (χ1n) is 5.35. The molecule has 0 aliphatic heterocycles. The predicted octanol–water partition coefficient (Wildman–Crippen LogP) is 2.72. The van der Waals surface area contributed by atoms with Crippen LogP contribution in [-0.2, 0) is 5.75 Å². The SMILES string of the molecule is Cc1ccc(SCc2noc(C(C)O)n2)cc1. The molecule has 0 aliphatic rings. The largest absolute Gasteiger partial charge is 0.384 e. The molecule has 2 rings (SSSR count). The number of aromatic nitrogens is 2. The van der Waals surface area contributed by atoms with Gasteiger partial charge in [0.25, 0.3) is 5.89 Å². The van der Waals surface area contributed by atoms with Gasteiger partial charge < -0.3 is 9.63 Å². The van der Waals surface area contributed by atoms with Crippen LogP contribution < -0.4 is 0 Å². The third kappa shape index (κ3) is 3.31. The summed E-state index contributed by atoms with van der Waals surface area (Å²) in [7, 11) is 0. The fourth-order valence-electron chi connectivity index (χ4n) is 1.28. The van der Waals surface area contributed by atoms with E-state index in [0.717, 1.165) is 0 Å². The smallest absolute Gasteiger partial charge is 0.255 e. The van der Waals surface area contributed by atoms with Gasteiger partial charge in [-0.2, -0.15) is 4.98 Å². The van der Waals surface area contributed by atoms with Crippen molar-refractivity contribution >= 4 is 11.8 Å². The molecule has 0 aliphatic carbocycles. The van der Waals surface area contributed by atoms with Crippen LogP contribution in [0.2, 0.25) is 0 Å². The van der Waals surface area contributed by atoms with Crippen LogP contribution in [0, 0.1) is 6.92 Å². The molecule has 1 aromatic carbocycles. The van der Waals surface area contributed by atoms with Crippen LogP contribution in [0.25, 0.3) is 0 Å². The van der Waals surface area contributed by atoms with Crippen molar-refractivity contribution in [2.45, 2.75) is 30.6 Å². The van der Waals surface area contributed by atoms with Crippen LogP contribution in [0.1, 0.15) is 30.3 Å². The summed E-state index contributed by atoms with van der Waals surface area (Å²) < 4.78 is 4.91. The highest BCUT2D eigenvalue weighted by molar-refractivity contribution is 7.98. The molecule has 1 aromatic heterocycles. The summed E-state index contributed by atoms with van der Waals surface area (Å²) >= 11 is 1.64. The Hall–Kier alpha value is -1.33. The van der Waals surface area contributed by atoms with E-state index >= 15 is 0 Å². The lowest BCUT2D eigenvalue weighted by Gasteiger charge is -1.98. The molecular weight excluding hydrogens is 236 g/mol. The van der Waals surface area contributed by atoms with Crippen molar-refractivity contribution in [3.63, 3.8) is 0 Å². The highest BCUT2D eigenvalue weighted by Gasteiger charge is 2.10. The zero-order valence-corrected chi connectivity index (χ0v) is 10.6. The van der Waals surface area contributed by atoms with Crippen LogP contribution in [0.15, 0.2) is 33.7 Å². The number of benzene rings is 1. The minimum atomic E-state index is -0.708. The minimum absolute atomic E-state index is 0.268. The summed E-state index contributed by atoms with van der Waals surface area (Å²) in [5.41, 5.74) is 1.24. The first-order valence-corrected chi connectivity index (χ1v) is 6.34. The van der Waals surface area contributed by atoms with Gasteiger partial charge in [-0.05, 0) is 26.0 Å². The van der Waals surface area contributed by atoms with Gasteiger partial charge in [-0.3, -0.25) is 0 Å². The topological polar surface area (TPSA) is 59.2 Å². The highest BCUT2D eigenvalue weighted by Crippen LogP contribution is 2.22. The molecule has 1 atom stereocenters. The number of aryl methyl sites for hydroxylation is 1. The number of nitrogens with zero attached hydrogens (tertiary/aromatic N) is 2. The summed E-state index contributed by atoms with van der Waals surface area (Å²) in [6, 6.07) is 8.27. The fraction of sp³-hybridized carbons (Fsp3) is 0.333. The van der Waals surface area contributed by atoms with Gasteiger partial charge in [0.05, 0.1) is 5.75 Å². The molecule has 1 N–H and O–H groups in total. The first kappa shape index (κ1) is 12.1. The number of aliphatic hydroxyl groups is 1. The second-order valence-electron chi connectivity index (χ2n) is 3.83. The second kappa shape index (κ2) is 5.33. The molecule has 1 heterocycles. The zero-order valence-electron chi connectivity index (χ0n) is 9.75. The van der Waals surface area contributed by atoms with E-state index < -0.39 is 6.10 Å². The number of aliphatic hydroxyl groups excluding tert-OH is 1. The van der Waals surface area contributed by atoms with Gasteiger partial charge in [-0.1, -0.05) is 22.9 Å². The standard InChI is InChI=1S/C12H14N2O2S/c1-8-3-5-10(6-4-8)17-7-11-13-12(9(2)15)16-14-11/h3-6,9,15H,7H2,1-2H3. The summed E-state index contributed by atoms with van der Waals surface area (Å²) in [4.78, 5) is 5.26. The molecule has 2 aromatic rings. The Morgan fingerprint density at radius 2 is 2.06 bits per heavy atom. The van der Waals surface area contributed by atoms with Gasteiger partial charge in [0, 0.05) is 4.90 Å². The molecule has 1 unspecified atom stereocenters. The molecule has 17 heavy (non-hydrogen) atoms. The molecule has 0 fully saturated rings. The van der Waals surface area contributed by atoms with Crippen molar-refractivity contribution in [1.29, 1.82) is 0 Å².